The summed E-state index contributed by atoms with van der Waals surface area (Å²) in [6.45, 7) is 3.28. The molecule has 29 heavy (non-hydrogen) atoms. The molecule has 0 aliphatic rings. The van der Waals surface area contributed by atoms with E-state index in [2.05, 4.69) is 15.6 Å². The Morgan fingerprint density at radius 3 is 2.45 bits per heavy atom. The lowest BCUT2D eigenvalue weighted by Gasteiger charge is -2.23. The van der Waals surface area contributed by atoms with Crippen LogP contribution in [0.25, 0.3) is 0 Å². The summed E-state index contributed by atoms with van der Waals surface area (Å²) in [6.07, 6.45) is 0. The first kappa shape index (κ1) is 24.5. The lowest BCUT2D eigenvalue weighted by molar-refractivity contribution is -0.114. The smallest absolute Gasteiger partial charge is 0.246 e. The molecule has 158 valence electrons. The lowest BCUT2D eigenvalue weighted by Crippen LogP contribution is -2.39. The van der Waals surface area contributed by atoms with Crippen LogP contribution in [0.5, 0.6) is 11.5 Å². The summed E-state index contributed by atoms with van der Waals surface area (Å²) in [6, 6.07) is 15.0. The number of rotatable bonds is 8. The number of ether oxygens (including phenoxy) is 2. The first-order valence-electron chi connectivity index (χ1n) is 9.12. The van der Waals surface area contributed by atoms with Crippen molar-refractivity contribution < 1.29 is 14.3 Å². The number of hydrogen-bond donors (Lipinski definition) is 2. The number of hydrogen-bond acceptors (Lipinski definition) is 4. The largest absolute Gasteiger partial charge is 0.497 e. The molecule has 8 heteroatoms. The maximum atomic E-state index is 12.2. The molecule has 0 saturated heterocycles. The number of carbonyl (C=O) groups excluding carboxylic acids is 1. The fourth-order valence-electron chi connectivity index (χ4n) is 2.65. The Labute approximate surface area is 189 Å². The highest BCUT2D eigenvalue weighted by atomic mass is 127. The van der Waals surface area contributed by atoms with Crippen LogP contribution in [0, 0.1) is 0 Å². The van der Waals surface area contributed by atoms with Gasteiger partial charge in [-0.2, -0.15) is 0 Å². The average molecular weight is 512 g/mol. The number of halogens is 1. The number of anilines is 1. The van der Waals surface area contributed by atoms with Crippen LogP contribution in [0.2, 0.25) is 0 Å². The van der Waals surface area contributed by atoms with Crippen molar-refractivity contribution in [2.75, 3.05) is 39.7 Å². The van der Waals surface area contributed by atoms with Gasteiger partial charge in [0.25, 0.3) is 0 Å². The molecule has 0 spiro atoms. The Morgan fingerprint density at radius 1 is 1.10 bits per heavy atom. The zero-order valence-corrected chi connectivity index (χ0v) is 19.6. The minimum absolute atomic E-state index is 0. The van der Waals surface area contributed by atoms with Gasteiger partial charge in [0.05, 0.1) is 14.2 Å². The quantitative estimate of drug-likeness (QED) is 0.323. The molecule has 7 nitrogen and oxygen atoms in total. The minimum Gasteiger partial charge on any atom is -0.497 e. The van der Waals surface area contributed by atoms with Crippen LogP contribution in [0.4, 0.5) is 5.69 Å². The summed E-state index contributed by atoms with van der Waals surface area (Å²) >= 11 is 0. The molecule has 0 saturated carbocycles. The van der Waals surface area contributed by atoms with E-state index in [1.54, 1.807) is 14.2 Å². The van der Waals surface area contributed by atoms with Gasteiger partial charge >= 0.3 is 0 Å². The van der Waals surface area contributed by atoms with Crippen molar-refractivity contribution in [3.63, 3.8) is 0 Å². The number of methoxy groups -OCH3 is 2. The van der Waals surface area contributed by atoms with E-state index in [0.717, 1.165) is 22.7 Å². The number of guanidine groups is 1. The minimum atomic E-state index is -0.169. The van der Waals surface area contributed by atoms with Gasteiger partial charge < -0.3 is 25.0 Å². The van der Waals surface area contributed by atoms with Gasteiger partial charge in [-0.3, -0.25) is 4.79 Å². The van der Waals surface area contributed by atoms with E-state index in [4.69, 9.17) is 9.47 Å². The van der Waals surface area contributed by atoms with Crippen molar-refractivity contribution in [2.24, 2.45) is 4.99 Å². The van der Waals surface area contributed by atoms with Crippen LogP contribution in [-0.2, 0) is 11.3 Å². The Hall–Kier alpha value is -2.49. The van der Waals surface area contributed by atoms with Gasteiger partial charge in [0.2, 0.25) is 5.91 Å². The molecule has 0 atom stereocenters. The molecule has 2 rings (SSSR count). The molecule has 1 amide bonds. The molecule has 2 N–H and O–H groups in total. The third-order valence-electron chi connectivity index (χ3n) is 4.03. The molecule has 0 bridgehead atoms. The molecule has 2 aromatic carbocycles. The molecule has 0 aliphatic carbocycles. The second kappa shape index (κ2) is 12.9. The summed E-state index contributed by atoms with van der Waals surface area (Å²) in [5.41, 5.74) is 1.74. The van der Waals surface area contributed by atoms with Crippen LogP contribution in [-0.4, -0.2) is 51.1 Å². The first-order valence-corrected chi connectivity index (χ1v) is 9.12. The summed E-state index contributed by atoms with van der Waals surface area (Å²) < 4.78 is 10.7. The van der Waals surface area contributed by atoms with Crippen LogP contribution >= 0.6 is 24.0 Å². The maximum Gasteiger partial charge on any atom is 0.246 e. The molecule has 0 aliphatic heterocycles. The van der Waals surface area contributed by atoms with E-state index in [-0.39, 0.29) is 36.4 Å². The Balaban J connectivity index is 0.00000420. The van der Waals surface area contributed by atoms with E-state index >= 15 is 0 Å². The SMILES string of the molecule is CCNC(=NCC(=O)Nc1ccccc1)N(C)Cc1ccc(OC)cc1OC.I. The van der Waals surface area contributed by atoms with E-state index in [9.17, 15) is 4.79 Å². The number of nitrogens with zero attached hydrogens (tertiary/aromatic N) is 2. The van der Waals surface area contributed by atoms with Gasteiger partial charge in [-0.05, 0) is 31.2 Å². The first-order chi connectivity index (χ1) is 13.6. The second-order valence-corrected chi connectivity index (χ2v) is 6.12. The summed E-state index contributed by atoms with van der Waals surface area (Å²) in [5.74, 6) is 1.95. The van der Waals surface area contributed by atoms with E-state index in [0.29, 0.717) is 19.0 Å². The van der Waals surface area contributed by atoms with Gasteiger partial charge in [0.1, 0.15) is 18.0 Å². The topological polar surface area (TPSA) is 75.2 Å². The van der Waals surface area contributed by atoms with Crippen LogP contribution < -0.4 is 20.1 Å². The van der Waals surface area contributed by atoms with Crippen molar-refractivity contribution >= 4 is 41.5 Å². The van der Waals surface area contributed by atoms with Gasteiger partial charge in [0.15, 0.2) is 5.96 Å². The number of nitrogens with one attached hydrogen (secondary N) is 2. The second-order valence-electron chi connectivity index (χ2n) is 6.12. The summed E-state index contributed by atoms with van der Waals surface area (Å²) in [5, 5.41) is 6.05. The average Bonchev–Trinajstić information content (AvgIpc) is 2.72. The van der Waals surface area contributed by atoms with Gasteiger partial charge in [-0.15, -0.1) is 24.0 Å². The predicted molar refractivity (Wildman–Crippen MR) is 127 cm³/mol. The number of amides is 1. The number of para-hydroxylation sites is 1. The third kappa shape index (κ3) is 7.80. The fourth-order valence-corrected chi connectivity index (χ4v) is 2.65. The van der Waals surface area contributed by atoms with Crippen LogP contribution in [0.15, 0.2) is 53.5 Å². The zero-order chi connectivity index (χ0) is 20.4. The highest BCUT2D eigenvalue weighted by molar-refractivity contribution is 14.0. The fraction of sp³-hybridized carbons (Fsp3) is 0.333. The molecule has 0 unspecified atom stereocenters. The maximum absolute atomic E-state index is 12.2. The van der Waals surface area contributed by atoms with Crippen molar-refractivity contribution in [3.8, 4) is 11.5 Å². The molecular formula is C21H29IN4O3. The van der Waals surface area contributed by atoms with Gasteiger partial charge in [0, 0.05) is 37.5 Å². The van der Waals surface area contributed by atoms with Gasteiger partial charge in [-0.25, -0.2) is 4.99 Å². The highest BCUT2D eigenvalue weighted by Gasteiger charge is 2.12. The Bertz CT molecular complexity index is 800. The van der Waals surface area contributed by atoms with Crippen LogP contribution in [0.1, 0.15) is 12.5 Å². The summed E-state index contributed by atoms with van der Waals surface area (Å²) in [7, 11) is 5.17. The lowest BCUT2D eigenvalue weighted by atomic mass is 10.2. The molecule has 0 heterocycles. The molecular weight excluding hydrogens is 483 g/mol. The molecule has 0 radical (unpaired) electrons. The van der Waals surface area contributed by atoms with E-state index < -0.39 is 0 Å². The Kier molecular flexibility index (Phi) is 10.9. The van der Waals surface area contributed by atoms with Crippen LogP contribution in [0.3, 0.4) is 0 Å². The third-order valence-corrected chi connectivity index (χ3v) is 4.03. The molecule has 0 aromatic heterocycles. The zero-order valence-electron chi connectivity index (χ0n) is 17.3. The number of benzene rings is 2. The van der Waals surface area contributed by atoms with Gasteiger partial charge in [-0.1, -0.05) is 18.2 Å². The molecule has 0 fully saturated rings. The van der Waals surface area contributed by atoms with E-state index in [1.165, 1.54) is 0 Å². The number of carbonyl (C=O) groups is 1. The van der Waals surface area contributed by atoms with Crippen molar-refractivity contribution in [1.29, 1.82) is 0 Å². The Morgan fingerprint density at radius 2 is 1.83 bits per heavy atom. The molecule has 2 aromatic rings. The monoisotopic (exact) mass is 512 g/mol. The van der Waals surface area contributed by atoms with Crippen molar-refractivity contribution in [2.45, 2.75) is 13.5 Å². The van der Waals surface area contributed by atoms with Crippen molar-refractivity contribution in [3.05, 3.63) is 54.1 Å². The van der Waals surface area contributed by atoms with E-state index in [1.807, 2.05) is 67.4 Å². The standard InChI is InChI=1S/C21H28N4O3.HI/c1-5-22-21(23-14-20(26)24-17-9-7-6-8-10-17)25(2)15-16-11-12-18(27-3)13-19(16)28-4;/h6-13H,5,14-15H2,1-4H3,(H,22,23)(H,24,26);1H. The van der Waals surface area contributed by atoms with Crippen molar-refractivity contribution in [1.82, 2.24) is 10.2 Å². The number of aliphatic imine (C=N–C) groups is 1. The summed E-state index contributed by atoms with van der Waals surface area (Å²) in [4.78, 5) is 18.6. The highest BCUT2D eigenvalue weighted by Crippen LogP contribution is 2.25. The predicted octanol–water partition coefficient (Wildman–Crippen LogP) is 3.36. The normalized spacial score (nSPS) is 10.6.